The smallest absolute Gasteiger partial charge is 0.233 e. The fraction of sp³-hybridized carbons (Fsp3) is 0.310. The van der Waals surface area contributed by atoms with E-state index in [0.29, 0.717) is 92.7 Å². The number of anilines is 6. The third-order valence-electron chi connectivity index (χ3n) is 7.44. The second-order valence-electron chi connectivity index (χ2n) is 10.7. The second-order valence-corrected chi connectivity index (χ2v) is 12.6. The molecule has 17 nitrogen and oxygen atoms in total. The van der Waals surface area contributed by atoms with Crippen molar-refractivity contribution in [1.82, 2.24) is 29.9 Å². The minimum atomic E-state index is -2.37. The molecule has 2 unspecified atom stereocenters. The molecule has 4 aromatic rings. The molecular weight excluding hydrogens is 663 g/mol. The molecule has 0 amide bonds. The van der Waals surface area contributed by atoms with Gasteiger partial charge in [-0.1, -0.05) is 30.4 Å². The van der Waals surface area contributed by atoms with E-state index in [1.54, 1.807) is 42.5 Å². The average Bonchev–Trinajstić information content (AvgIpc) is 3.08. The Labute approximate surface area is 280 Å². The molecule has 2 atom stereocenters. The Bertz CT molecular complexity index is 1740. The van der Waals surface area contributed by atoms with Gasteiger partial charge in [0.1, 0.15) is 5.82 Å². The molecule has 7 N–H and O–H groups in total. The van der Waals surface area contributed by atoms with Crippen LogP contribution in [0.5, 0.6) is 0 Å². The number of benzene rings is 2. The van der Waals surface area contributed by atoms with E-state index in [1.165, 1.54) is 6.07 Å². The van der Waals surface area contributed by atoms with Crippen molar-refractivity contribution in [2.24, 2.45) is 0 Å². The van der Waals surface area contributed by atoms with Gasteiger partial charge >= 0.3 is 0 Å². The first-order chi connectivity index (χ1) is 23.2. The molecule has 19 heteroatoms. The van der Waals surface area contributed by atoms with Crippen molar-refractivity contribution < 1.29 is 27.0 Å². The molecule has 2 aromatic carbocycles. The Hall–Kier alpha value is -4.66. The van der Waals surface area contributed by atoms with E-state index in [0.717, 1.165) is 0 Å². The fourth-order valence-electron chi connectivity index (χ4n) is 5.12. The molecule has 2 fully saturated rings. The van der Waals surface area contributed by atoms with E-state index in [-0.39, 0.29) is 34.1 Å². The van der Waals surface area contributed by atoms with Gasteiger partial charge in [0, 0.05) is 38.3 Å². The quantitative estimate of drug-likeness (QED) is 0.117. The molecule has 252 valence electrons. The van der Waals surface area contributed by atoms with Crippen LogP contribution in [0, 0.1) is 0 Å². The van der Waals surface area contributed by atoms with Gasteiger partial charge in [-0.15, -0.1) is 0 Å². The highest BCUT2D eigenvalue weighted by atomic mass is 32.2. The summed E-state index contributed by atoms with van der Waals surface area (Å²) in [6, 6.07) is 9.87. The van der Waals surface area contributed by atoms with E-state index in [1.807, 2.05) is 9.80 Å². The topological polar surface area (TPSA) is 241 Å². The monoisotopic (exact) mass is 695 g/mol. The van der Waals surface area contributed by atoms with Crippen LogP contribution in [0.4, 0.5) is 35.4 Å². The van der Waals surface area contributed by atoms with E-state index in [4.69, 9.17) is 20.9 Å². The SMILES string of the molecule is Nc1nc(Cc2ccc(/C=C/c3ccc(Nc4nc(N)nc(N5CCOCC5)n4)cc3S(=O)O)c(S(=O)O)c2)nc(N2CCOCC2)n1. The van der Waals surface area contributed by atoms with Crippen LogP contribution < -0.4 is 26.6 Å². The number of nitrogen functional groups attached to an aromatic ring is 2. The lowest BCUT2D eigenvalue weighted by Gasteiger charge is -2.26. The molecule has 2 saturated heterocycles. The van der Waals surface area contributed by atoms with Crippen molar-refractivity contribution >= 4 is 69.7 Å². The number of morpholine rings is 2. The van der Waals surface area contributed by atoms with Gasteiger partial charge in [0.25, 0.3) is 0 Å². The molecule has 6 rings (SSSR count). The maximum atomic E-state index is 12.4. The van der Waals surface area contributed by atoms with Gasteiger partial charge in [0.2, 0.25) is 29.7 Å². The summed E-state index contributed by atoms with van der Waals surface area (Å²) in [6.07, 6.45) is 3.45. The van der Waals surface area contributed by atoms with Crippen LogP contribution in [0.25, 0.3) is 12.2 Å². The summed E-state index contributed by atoms with van der Waals surface area (Å²) >= 11 is -4.70. The van der Waals surface area contributed by atoms with Gasteiger partial charge in [0.05, 0.1) is 36.2 Å². The van der Waals surface area contributed by atoms with Crippen LogP contribution in [-0.4, -0.2) is 100 Å². The van der Waals surface area contributed by atoms with Crippen LogP contribution in [0.3, 0.4) is 0 Å². The van der Waals surface area contributed by atoms with Crippen LogP contribution in [0.2, 0.25) is 0 Å². The Balaban J connectivity index is 1.21. The number of nitrogens with zero attached hydrogens (tertiary/aromatic N) is 8. The predicted molar refractivity (Wildman–Crippen MR) is 181 cm³/mol. The summed E-state index contributed by atoms with van der Waals surface area (Å²) in [4.78, 5) is 30.0. The number of aromatic nitrogens is 6. The van der Waals surface area contributed by atoms with Crippen molar-refractivity contribution in [3.8, 4) is 0 Å². The first kappa shape index (κ1) is 33.2. The first-order valence-electron chi connectivity index (χ1n) is 14.8. The van der Waals surface area contributed by atoms with E-state index in [2.05, 4.69) is 35.2 Å². The highest BCUT2D eigenvalue weighted by molar-refractivity contribution is 7.79. The molecule has 0 aliphatic carbocycles. The third-order valence-corrected chi connectivity index (χ3v) is 8.90. The van der Waals surface area contributed by atoms with Gasteiger partial charge in [-0.05, 0) is 34.9 Å². The first-order valence-corrected chi connectivity index (χ1v) is 17.0. The molecule has 0 spiro atoms. The van der Waals surface area contributed by atoms with Crippen molar-refractivity contribution in [2.75, 3.05) is 79.2 Å². The van der Waals surface area contributed by atoms with E-state index in [9.17, 15) is 17.5 Å². The lowest BCUT2D eigenvalue weighted by atomic mass is 10.1. The number of hydrogen-bond donors (Lipinski definition) is 5. The van der Waals surface area contributed by atoms with Crippen LogP contribution >= 0.6 is 0 Å². The maximum absolute atomic E-state index is 12.4. The highest BCUT2D eigenvalue weighted by Crippen LogP contribution is 2.26. The fourth-order valence-corrected chi connectivity index (χ4v) is 6.28. The number of nitrogens with two attached hydrogens (primary N) is 2. The predicted octanol–water partition coefficient (Wildman–Crippen LogP) is 1.56. The summed E-state index contributed by atoms with van der Waals surface area (Å²) in [5.74, 6) is 1.56. The Morgan fingerprint density at radius 1 is 0.729 bits per heavy atom. The normalized spacial score (nSPS) is 16.6. The summed E-state index contributed by atoms with van der Waals surface area (Å²) in [5, 5.41) is 3.02. The Kier molecular flexibility index (Phi) is 10.4. The van der Waals surface area contributed by atoms with Crippen LogP contribution in [0.1, 0.15) is 22.5 Å². The third kappa shape index (κ3) is 8.24. The molecule has 4 heterocycles. The van der Waals surface area contributed by atoms with Crippen molar-refractivity contribution in [1.29, 1.82) is 0 Å². The molecule has 2 aromatic heterocycles. The van der Waals surface area contributed by atoms with Crippen molar-refractivity contribution in [3.63, 3.8) is 0 Å². The highest BCUT2D eigenvalue weighted by Gasteiger charge is 2.18. The second kappa shape index (κ2) is 15.0. The molecular formula is C29H33N11O6S2. The largest absolute Gasteiger partial charge is 0.378 e. The maximum Gasteiger partial charge on any atom is 0.233 e. The van der Waals surface area contributed by atoms with Gasteiger partial charge in [-0.2, -0.15) is 29.9 Å². The Morgan fingerprint density at radius 2 is 1.27 bits per heavy atom. The Morgan fingerprint density at radius 3 is 1.88 bits per heavy atom. The molecule has 0 saturated carbocycles. The summed E-state index contributed by atoms with van der Waals surface area (Å²) in [7, 11) is 0. The minimum absolute atomic E-state index is 0.0257. The molecule has 0 bridgehead atoms. The lowest BCUT2D eigenvalue weighted by molar-refractivity contribution is 0.122. The van der Waals surface area contributed by atoms with Crippen molar-refractivity contribution in [3.05, 3.63) is 58.9 Å². The van der Waals surface area contributed by atoms with E-state index >= 15 is 0 Å². The van der Waals surface area contributed by atoms with Crippen molar-refractivity contribution in [2.45, 2.75) is 16.2 Å². The van der Waals surface area contributed by atoms with Crippen LogP contribution in [0.15, 0.2) is 46.2 Å². The lowest BCUT2D eigenvalue weighted by Crippen LogP contribution is -2.37. The van der Waals surface area contributed by atoms with Gasteiger partial charge in [-0.25, -0.2) is 8.42 Å². The standard InChI is InChI=1S/C29H33N11O6S2/c30-25-33-24(34-28(36-25)39-7-11-45-12-8-39)16-18-1-2-19(22(15-18)47(41)42)3-4-20-5-6-21(17-23(20)48(43)44)32-27-35-26(31)37-29(38-27)40-9-13-46-14-10-40/h1-6,15,17H,7-14,16H2,(H,41,42)(H,43,44)(H2,30,33,34,36)(H3,31,32,35,37,38)/b4-3+. The minimum Gasteiger partial charge on any atom is -0.378 e. The van der Waals surface area contributed by atoms with Gasteiger partial charge in [0.15, 0.2) is 22.2 Å². The zero-order valence-electron chi connectivity index (χ0n) is 25.6. The van der Waals surface area contributed by atoms with E-state index < -0.39 is 22.2 Å². The zero-order valence-corrected chi connectivity index (χ0v) is 27.2. The number of nitrogens with one attached hydrogen (secondary N) is 1. The van der Waals surface area contributed by atoms with Gasteiger partial charge in [-0.3, -0.25) is 0 Å². The molecule has 0 radical (unpaired) electrons. The number of hydrogen-bond acceptors (Lipinski definition) is 15. The van der Waals surface area contributed by atoms with Crippen LogP contribution in [-0.2, 0) is 38.1 Å². The number of rotatable bonds is 10. The zero-order chi connectivity index (χ0) is 33.6. The average molecular weight is 696 g/mol. The number of ether oxygens (including phenoxy) is 2. The molecule has 2 aliphatic heterocycles. The summed E-state index contributed by atoms with van der Waals surface area (Å²) in [5.41, 5.74) is 13.9. The molecule has 48 heavy (non-hydrogen) atoms. The summed E-state index contributed by atoms with van der Waals surface area (Å²) in [6.45, 7) is 4.69. The summed E-state index contributed by atoms with van der Waals surface area (Å²) < 4.78 is 55.7. The molecule has 2 aliphatic rings. The van der Waals surface area contributed by atoms with Gasteiger partial charge < -0.3 is 45.2 Å².